The van der Waals surface area contributed by atoms with Crippen molar-refractivity contribution in [2.45, 2.75) is 76.9 Å². The third kappa shape index (κ3) is 7.29. The van der Waals surface area contributed by atoms with Crippen LogP contribution >= 0.6 is 11.6 Å². The molecule has 7 nitrogen and oxygen atoms in total. The number of hydrogen-bond acceptors (Lipinski definition) is 4. The molecule has 0 bridgehead atoms. The Bertz CT molecular complexity index is 1500. The Morgan fingerprint density at radius 1 is 0.951 bits per heavy atom. The fourth-order valence-corrected chi connectivity index (χ4v) is 6.63. The number of hydrogen-bond donors (Lipinski definition) is 1. The number of carbonyl (C=O) groups is 2. The lowest BCUT2D eigenvalue weighted by Gasteiger charge is -2.32. The summed E-state index contributed by atoms with van der Waals surface area (Å²) in [6.07, 6.45) is 3.94. The third-order valence-electron chi connectivity index (χ3n) is 7.83. The molecule has 0 heterocycles. The minimum absolute atomic E-state index is 0.0586. The Labute approximate surface area is 248 Å². The van der Waals surface area contributed by atoms with E-state index in [1.165, 1.54) is 4.90 Å². The van der Waals surface area contributed by atoms with Crippen molar-refractivity contribution in [2.75, 3.05) is 10.8 Å². The van der Waals surface area contributed by atoms with Gasteiger partial charge in [0.2, 0.25) is 11.8 Å². The van der Waals surface area contributed by atoms with E-state index in [2.05, 4.69) is 5.32 Å². The number of benzene rings is 3. The molecule has 1 aliphatic carbocycles. The molecule has 0 radical (unpaired) electrons. The minimum Gasteiger partial charge on any atom is -0.352 e. The molecular weight excluding hydrogens is 558 g/mol. The average Bonchev–Trinajstić information content (AvgIpc) is 3.45. The number of rotatable bonds is 10. The topological polar surface area (TPSA) is 86.8 Å². The van der Waals surface area contributed by atoms with Gasteiger partial charge in [0.25, 0.3) is 10.0 Å². The van der Waals surface area contributed by atoms with Crippen LogP contribution in [-0.4, -0.2) is 43.8 Å². The molecule has 1 unspecified atom stereocenters. The zero-order valence-corrected chi connectivity index (χ0v) is 25.6. The second-order valence-electron chi connectivity index (χ2n) is 10.9. The summed E-state index contributed by atoms with van der Waals surface area (Å²) in [5.74, 6) is -0.774. The molecule has 1 saturated carbocycles. The van der Waals surface area contributed by atoms with Gasteiger partial charge in [-0.1, -0.05) is 66.4 Å². The number of nitrogens with one attached hydrogen (secondary N) is 1. The molecule has 3 aromatic rings. The highest BCUT2D eigenvalue weighted by atomic mass is 35.5. The molecule has 1 aliphatic rings. The lowest BCUT2D eigenvalue weighted by atomic mass is 10.1. The molecule has 0 aliphatic heterocycles. The highest BCUT2D eigenvalue weighted by Gasteiger charge is 2.33. The van der Waals surface area contributed by atoms with Gasteiger partial charge in [0.1, 0.15) is 12.6 Å². The molecule has 4 rings (SSSR count). The first-order valence-corrected chi connectivity index (χ1v) is 15.8. The van der Waals surface area contributed by atoms with Gasteiger partial charge in [-0.25, -0.2) is 8.42 Å². The highest BCUT2D eigenvalue weighted by molar-refractivity contribution is 7.92. The van der Waals surface area contributed by atoms with Crippen molar-refractivity contribution in [2.24, 2.45) is 0 Å². The standard InChI is InChI=1S/C32H38ClN3O4S/c1-22-13-17-29(18-14-22)41(39,40)36(28-16-15-23(2)24(3)19-28)21-31(37)35(20-26-9-5-8-12-30(26)33)25(4)32(38)34-27-10-6-7-11-27/h5,8-9,12-19,25,27H,6-7,10-11,20-21H2,1-4H3,(H,34,38). The van der Waals surface area contributed by atoms with Gasteiger partial charge in [-0.2, -0.15) is 0 Å². The maximum Gasteiger partial charge on any atom is 0.264 e. The van der Waals surface area contributed by atoms with E-state index in [1.807, 2.05) is 32.9 Å². The molecule has 0 spiro atoms. The van der Waals surface area contributed by atoms with Crippen molar-refractivity contribution < 1.29 is 18.0 Å². The molecule has 0 saturated heterocycles. The summed E-state index contributed by atoms with van der Waals surface area (Å²) in [6, 6.07) is 18.2. The molecule has 1 atom stereocenters. The van der Waals surface area contributed by atoms with Gasteiger partial charge in [0.15, 0.2) is 0 Å². The first kappa shape index (κ1) is 30.6. The van der Waals surface area contributed by atoms with Crippen LogP contribution in [0.2, 0.25) is 5.02 Å². The molecule has 41 heavy (non-hydrogen) atoms. The fraction of sp³-hybridized carbons (Fsp3) is 0.375. The number of anilines is 1. The van der Waals surface area contributed by atoms with Gasteiger partial charge in [0.05, 0.1) is 10.6 Å². The molecule has 9 heteroatoms. The van der Waals surface area contributed by atoms with Crippen LogP contribution in [0.5, 0.6) is 0 Å². The van der Waals surface area contributed by atoms with E-state index < -0.39 is 28.5 Å². The van der Waals surface area contributed by atoms with E-state index >= 15 is 0 Å². The zero-order valence-electron chi connectivity index (χ0n) is 24.1. The molecule has 0 aromatic heterocycles. The minimum atomic E-state index is -4.12. The lowest BCUT2D eigenvalue weighted by molar-refractivity contribution is -0.139. The summed E-state index contributed by atoms with van der Waals surface area (Å²) in [6.45, 7) is 6.97. The van der Waals surface area contributed by atoms with Gasteiger partial charge < -0.3 is 10.2 Å². The SMILES string of the molecule is Cc1ccc(S(=O)(=O)N(CC(=O)N(Cc2ccccc2Cl)C(C)C(=O)NC2CCCC2)c2ccc(C)c(C)c2)cc1. The summed E-state index contributed by atoms with van der Waals surface area (Å²) in [7, 11) is -4.12. The van der Waals surface area contributed by atoms with Crippen LogP contribution in [-0.2, 0) is 26.2 Å². The number of sulfonamides is 1. The predicted molar refractivity (Wildman–Crippen MR) is 163 cm³/mol. The lowest BCUT2D eigenvalue weighted by Crippen LogP contribution is -2.52. The van der Waals surface area contributed by atoms with E-state index in [-0.39, 0.29) is 23.4 Å². The predicted octanol–water partition coefficient (Wildman–Crippen LogP) is 5.94. The Balaban J connectivity index is 1.71. The maximum absolute atomic E-state index is 14.1. The Morgan fingerprint density at radius 2 is 1.61 bits per heavy atom. The largest absolute Gasteiger partial charge is 0.352 e. The first-order chi connectivity index (χ1) is 19.5. The van der Waals surface area contributed by atoms with Gasteiger partial charge in [-0.05, 0) is 87.6 Å². The Hall–Kier alpha value is -3.36. The molecule has 3 aromatic carbocycles. The van der Waals surface area contributed by atoms with Crippen LogP contribution in [0.1, 0.15) is 54.9 Å². The molecule has 1 N–H and O–H groups in total. The van der Waals surface area contributed by atoms with Crippen LogP contribution in [0.25, 0.3) is 0 Å². The number of aryl methyl sites for hydroxylation is 3. The van der Waals surface area contributed by atoms with Crippen molar-refractivity contribution >= 4 is 39.1 Å². The van der Waals surface area contributed by atoms with Crippen LogP contribution in [0.4, 0.5) is 5.69 Å². The summed E-state index contributed by atoms with van der Waals surface area (Å²) >= 11 is 6.45. The number of halogens is 1. The van der Waals surface area contributed by atoms with E-state index in [0.717, 1.165) is 46.7 Å². The van der Waals surface area contributed by atoms with Crippen molar-refractivity contribution in [3.63, 3.8) is 0 Å². The van der Waals surface area contributed by atoms with Crippen molar-refractivity contribution in [3.05, 3.63) is 94.0 Å². The first-order valence-electron chi connectivity index (χ1n) is 14.0. The summed E-state index contributed by atoms with van der Waals surface area (Å²) in [5, 5.41) is 3.54. The second-order valence-corrected chi connectivity index (χ2v) is 13.1. The average molecular weight is 596 g/mol. The normalized spacial score (nSPS) is 14.5. The van der Waals surface area contributed by atoms with Gasteiger partial charge in [-0.15, -0.1) is 0 Å². The Morgan fingerprint density at radius 3 is 2.24 bits per heavy atom. The van der Waals surface area contributed by atoms with Crippen LogP contribution < -0.4 is 9.62 Å². The highest BCUT2D eigenvalue weighted by Crippen LogP contribution is 2.27. The monoisotopic (exact) mass is 595 g/mol. The van der Waals surface area contributed by atoms with Gasteiger partial charge >= 0.3 is 0 Å². The van der Waals surface area contributed by atoms with Gasteiger partial charge in [0, 0.05) is 17.6 Å². The maximum atomic E-state index is 14.1. The Kier molecular flexibility index (Phi) is 9.76. The van der Waals surface area contributed by atoms with Crippen LogP contribution in [0, 0.1) is 20.8 Å². The van der Waals surface area contributed by atoms with E-state index in [9.17, 15) is 18.0 Å². The number of carbonyl (C=O) groups excluding carboxylic acids is 2. The van der Waals surface area contributed by atoms with E-state index in [0.29, 0.717) is 16.3 Å². The van der Waals surface area contributed by atoms with Crippen molar-refractivity contribution in [1.82, 2.24) is 10.2 Å². The number of amides is 2. The second kappa shape index (κ2) is 13.1. The van der Waals surface area contributed by atoms with E-state index in [1.54, 1.807) is 61.5 Å². The quantitative estimate of drug-likeness (QED) is 0.314. The summed E-state index contributed by atoms with van der Waals surface area (Å²) in [5.41, 5.74) is 3.87. The van der Waals surface area contributed by atoms with E-state index in [4.69, 9.17) is 11.6 Å². The molecule has 1 fully saturated rings. The van der Waals surface area contributed by atoms with Crippen LogP contribution in [0.15, 0.2) is 71.6 Å². The fourth-order valence-electron chi connectivity index (χ4n) is 5.03. The summed E-state index contributed by atoms with van der Waals surface area (Å²) in [4.78, 5) is 28.9. The molecule has 2 amide bonds. The number of nitrogens with zero attached hydrogens (tertiary/aromatic N) is 2. The molecular formula is C32H38ClN3O4S. The van der Waals surface area contributed by atoms with Crippen LogP contribution in [0.3, 0.4) is 0 Å². The van der Waals surface area contributed by atoms with Gasteiger partial charge in [-0.3, -0.25) is 13.9 Å². The molecule has 218 valence electrons. The third-order valence-corrected chi connectivity index (χ3v) is 9.99. The summed E-state index contributed by atoms with van der Waals surface area (Å²) < 4.78 is 29.1. The van der Waals surface area contributed by atoms with Crippen molar-refractivity contribution in [1.29, 1.82) is 0 Å². The van der Waals surface area contributed by atoms with Crippen molar-refractivity contribution in [3.8, 4) is 0 Å². The zero-order chi connectivity index (χ0) is 29.7. The smallest absolute Gasteiger partial charge is 0.264 e.